The number of aliphatic hydroxyl groups is 1. The summed E-state index contributed by atoms with van der Waals surface area (Å²) in [4.78, 5) is 6.70. The Morgan fingerprint density at radius 2 is 2.00 bits per heavy atom. The van der Waals surface area contributed by atoms with Crippen molar-refractivity contribution < 1.29 is 14.6 Å². The van der Waals surface area contributed by atoms with Crippen LogP contribution >= 0.6 is 0 Å². The smallest absolute Gasteiger partial charge is 0.221 e. The van der Waals surface area contributed by atoms with E-state index in [2.05, 4.69) is 28.0 Å². The second kappa shape index (κ2) is 9.94. The first-order valence-electron chi connectivity index (χ1n) is 10.8. The van der Waals surface area contributed by atoms with Crippen molar-refractivity contribution in [2.45, 2.75) is 45.6 Å². The minimum absolute atomic E-state index is 0.188. The van der Waals surface area contributed by atoms with Crippen molar-refractivity contribution >= 4 is 0 Å². The van der Waals surface area contributed by atoms with Crippen LogP contribution in [-0.4, -0.2) is 51.1 Å². The number of pyridine rings is 1. The Morgan fingerprint density at radius 1 is 1.16 bits per heavy atom. The average molecular weight is 423 g/mol. The minimum atomic E-state index is -0.188. The van der Waals surface area contributed by atoms with Crippen LogP contribution in [0.15, 0.2) is 48.8 Å². The lowest BCUT2D eigenvalue weighted by atomic mass is 10.0. The van der Waals surface area contributed by atoms with Crippen molar-refractivity contribution in [3.8, 4) is 22.8 Å². The third-order valence-electron chi connectivity index (χ3n) is 5.68. The minimum Gasteiger partial charge on any atom is -0.487 e. The highest BCUT2D eigenvalue weighted by atomic mass is 16.5. The van der Waals surface area contributed by atoms with Crippen molar-refractivity contribution in [1.29, 1.82) is 0 Å². The number of likely N-dealkylation sites (tertiary alicyclic amines) is 1. The van der Waals surface area contributed by atoms with Crippen molar-refractivity contribution in [3.05, 3.63) is 60.0 Å². The highest BCUT2D eigenvalue weighted by molar-refractivity contribution is 5.70. The molecule has 0 unspecified atom stereocenters. The van der Waals surface area contributed by atoms with Crippen LogP contribution in [0.25, 0.3) is 11.1 Å². The number of methoxy groups -OCH3 is 1. The van der Waals surface area contributed by atoms with Crippen molar-refractivity contribution in [2.24, 2.45) is 0 Å². The van der Waals surface area contributed by atoms with Crippen molar-refractivity contribution in [1.82, 2.24) is 19.7 Å². The molecule has 0 bridgehead atoms. The van der Waals surface area contributed by atoms with Gasteiger partial charge < -0.3 is 14.6 Å². The first-order valence-corrected chi connectivity index (χ1v) is 10.8. The Bertz CT molecular complexity index is 996. The van der Waals surface area contributed by atoms with Gasteiger partial charge in [0.2, 0.25) is 5.88 Å². The fraction of sp³-hybridized carbons (Fsp3) is 0.417. The van der Waals surface area contributed by atoms with E-state index in [-0.39, 0.29) is 6.10 Å². The number of piperidine rings is 1. The number of benzene rings is 1. The van der Waals surface area contributed by atoms with E-state index in [4.69, 9.17) is 9.47 Å². The number of hydrogen-bond acceptors (Lipinski definition) is 6. The molecule has 1 aliphatic rings. The van der Waals surface area contributed by atoms with Crippen LogP contribution in [0.4, 0.5) is 0 Å². The molecule has 0 saturated carbocycles. The molecule has 7 heteroatoms. The molecule has 0 amide bonds. The molecule has 1 N–H and O–H groups in total. The number of ether oxygens (including phenoxy) is 2. The summed E-state index contributed by atoms with van der Waals surface area (Å²) in [5.41, 5.74) is 4.01. The fourth-order valence-corrected chi connectivity index (χ4v) is 3.91. The predicted molar refractivity (Wildman–Crippen MR) is 119 cm³/mol. The van der Waals surface area contributed by atoms with Gasteiger partial charge >= 0.3 is 0 Å². The molecule has 0 atom stereocenters. The lowest BCUT2D eigenvalue weighted by Gasteiger charge is -2.30. The number of hydrogen-bond donors (Lipinski definition) is 1. The van der Waals surface area contributed by atoms with Gasteiger partial charge in [-0.1, -0.05) is 6.07 Å². The molecule has 31 heavy (non-hydrogen) atoms. The molecule has 4 rings (SSSR count). The van der Waals surface area contributed by atoms with E-state index in [1.807, 2.05) is 41.2 Å². The first kappa shape index (κ1) is 21.3. The topological polar surface area (TPSA) is 72.6 Å². The molecule has 1 saturated heterocycles. The van der Waals surface area contributed by atoms with E-state index in [9.17, 15) is 5.11 Å². The maximum atomic E-state index is 9.85. The van der Waals surface area contributed by atoms with Crippen LogP contribution in [0.5, 0.6) is 11.6 Å². The lowest BCUT2D eigenvalue weighted by Crippen LogP contribution is -2.35. The summed E-state index contributed by atoms with van der Waals surface area (Å²) in [5.74, 6) is 1.46. The highest BCUT2D eigenvalue weighted by Crippen LogP contribution is 2.32. The SMILES string of the molecule is CCn1ccc(COc2ccc(-c3cccnc3OC)cc2CN2CCC(O)CC2)n1. The lowest BCUT2D eigenvalue weighted by molar-refractivity contribution is 0.0787. The zero-order chi connectivity index (χ0) is 21.6. The molecule has 1 fully saturated rings. The summed E-state index contributed by atoms with van der Waals surface area (Å²) in [7, 11) is 1.64. The van der Waals surface area contributed by atoms with Gasteiger partial charge in [0.1, 0.15) is 12.4 Å². The second-order valence-corrected chi connectivity index (χ2v) is 7.84. The van der Waals surface area contributed by atoms with E-state index in [0.717, 1.165) is 67.2 Å². The molecule has 1 aromatic carbocycles. The van der Waals surface area contributed by atoms with Crippen LogP contribution in [0.3, 0.4) is 0 Å². The van der Waals surface area contributed by atoms with E-state index in [1.165, 1.54) is 0 Å². The summed E-state index contributed by atoms with van der Waals surface area (Å²) in [6.45, 7) is 5.85. The van der Waals surface area contributed by atoms with Gasteiger partial charge in [-0.05, 0) is 55.7 Å². The molecule has 1 aliphatic heterocycles. The molecule has 0 radical (unpaired) electrons. The van der Waals surface area contributed by atoms with E-state index in [1.54, 1.807) is 13.3 Å². The number of aromatic nitrogens is 3. The Labute approximate surface area is 183 Å². The fourth-order valence-electron chi connectivity index (χ4n) is 3.91. The van der Waals surface area contributed by atoms with Gasteiger partial charge in [-0.25, -0.2) is 4.98 Å². The summed E-state index contributed by atoms with van der Waals surface area (Å²) in [5, 5.41) is 14.4. The molecule has 7 nitrogen and oxygen atoms in total. The van der Waals surface area contributed by atoms with Gasteiger partial charge in [0, 0.05) is 49.7 Å². The van der Waals surface area contributed by atoms with Crippen LogP contribution in [-0.2, 0) is 19.7 Å². The number of aryl methyl sites for hydroxylation is 1. The summed E-state index contributed by atoms with van der Waals surface area (Å²) < 4.78 is 13.6. The van der Waals surface area contributed by atoms with Crippen molar-refractivity contribution in [3.63, 3.8) is 0 Å². The Kier molecular flexibility index (Phi) is 6.84. The van der Waals surface area contributed by atoms with Gasteiger partial charge in [-0.2, -0.15) is 5.10 Å². The van der Waals surface area contributed by atoms with Gasteiger partial charge in [-0.15, -0.1) is 0 Å². The standard InChI is InChI=1S/C24H30N4O3/c1-3-28-14-8-20(26-28)17-31-23-7-6-18(22-5-4-11-25-24(22)30-2)15-19(23)16-27-12-9-21(29)10-13-27/h4-8,11,14-15,21,29H,3,9-10,12-13,16-17H2,1-2H3. The van der Waals surface area contributed by atoms with Gasteiger partial charge in [0.05, 0.1) is 18.9 Å². The first-order chi connectivity index (χ1) is 15.2. The third-order valence-corrected chi connectivity index (χ3v) is 5.68. The summed E-state index contributed by atoms with van der Waals surface area (Å²) >= 11 is 0. The maximum absolute atomic E-state index is 9.85. The Balaban J connectivity index is 1.59. The number of aliphatic hydroxyl groups excluding tert-OH is 1. The Hall–Kier alpha value is -2.90. The van der Waals surface area contributed by atoms with E-state index in [0.29, 0.717) is 12.5 Å². The molecular weight excluding hydrogens is 392 g/mol. The zero-order valence-corrected chi connectivity index (χ0v) is 18.2. The average Bonchev–Trinajstić information content (AvgIpc) is 3.28. The zero-order valence-electron chi connectivity index (χ0n) is 18.2. The second-order valence-electron chi connectivity index (χ2n) is 7.84. The van der Waals surface area contributed by atoms with Gasteiger partial charge in [0.15, 0.2) is 0 Å². The highest BCUT2D eigenvalue weighted by Gasteiger charge is 2.19. The van der Waals surface area contributed by atoms with Gasteiger partial charge in [-0.3, -0.25) is 9.58 Å². The van der Waals surface area contributed by atoms with Crippen LogP contribution < -0.4 is 9.47 Å². The van der Waals surface area contributed by atoms with Crippen LogP contribution in [0.2, 0.25) is 0 Å². The number of rotatable bonds is 8. The predicted octanol–water partition coefficient (Wildman–Crippen LogP) is 3.51. The largest absolute Gasteiger partial charge is 0.487 e. The van der Waals surface area contributed by atoms with Crippen LogP contribution in [0.1, 0.15) is 31.0 Å². The monoisotopic (exact) mass is 422 g/mol. The molecule has 3 aromatic rings. The Morgan fingerprint density at radius 3 is 2.74 bits per heavy atom. The van der Waals surface area contributed by atoms with Crippen molar-refractivity contribution in [2.75, 3.05) is 20.2 Å². The molecular formula is C24H30N4O3. The van der Waals surface area contributed by atoms with E-state index < -0.39 is 0 Å². The molecule has 2 aromatic heterocycles. The molecule has 0 spiro atoms. The summed E-state index contributed by atoms with van der Waals surface area (Å²) in [6.07, 6.45) is 5.12. The molecule has 0 aliphatic carbocycles. The maximum Gasteiger partial charge on any atom is 0.221 e. The third kappa shape index (κ3) is 5.24. The summed E-state index contributed by atoms with van der Waals surface area (Å²) in [6, 6.07) is 12.1. The van der Waals surface area contributed by atoms with Gasteiger partial charge in [0.25, 0.3) is 0 Å². The normalized spacial score (nSPS) is 15.2. The quantitative estimate of drug-likeness (QED) is 0.599. The molecule has 164 valence electrons. The van der Waals surface area contributed by atoms with Crippen LogP contribution in [0, 0.1) is 0 Å². The number of nitrogens with zero attached hydrogens (tertiary/aromatic N) is 4. The van der Waals surface area contributed by atoms with E-state index >= 15 is 0 Å². The molecule has 3 heterocycles.